The third-order valence-electron chi connectivity index (χ3n) is 2.70. The van der Waals surface area contributed by atoms with Gasteiger partial charge >= 0.3 is 0 Å². The molecule has 1 aromatic rings. The maximum atomic E-state index is 11.9. The second-order valence-electron chi connectivity index (χ2n) is 3.90. The molecule has 13 heavy (non-hydrogen) atoms. The van der Waals surface area contributed by atoms with Crippen LogP contribution in [0.5, 0.6) is 0 Å². The van der Waals surface area contributed by atoms with Crippen LogP contribution in [0.4, 0.5) is 0 Å². The van der Waals surface area contributed by atoms with E-state index in [-0.39, 0.29) is 5.78 Å². The first-order valence-electron chi connectivity index (χ1n) is 4.48. The lowest BCUT2D eigenvalue weighted by Crippen LogP contribution is -2.46. The maximum absolute atomic E-state index is 11.9. The minimum Gasteiger partial charge on any atom is -0.319 e. The van der Waals surface area contributed by atoms with E-state index < -0.39 is 5.54 Å². The molecule has 1 unspecified atom stereocenters. The summed E-state index contributed by atoms with van der Waals surface area (Å²) in [4.78, 5) is 11.9. The van der Waals surface area contributed by atoms with E-state index in [0.29, 0.717) is 5.92 Å². The Labute approximate surface area is 81.8 Å². The molecule has 1 aliphatic carbocycles. The number of Topliss-reactive ketones (excluding diaryl/α,β-unsaturated/α-hetero) is 1. The van der Waals surface area contributed by atoms with Crippen molar-refractivity contribution in [2.45, 2.75) is 25.3 Å². The molecular formula is C10H13NOS. The fourth-order valence-electron chi connectivity index (χ4n) is 1.57. The lowest BCUT2D eigenvalue weighted by Gasteiger charge is -2.21. The monoisotopic (exact) mass is 195 g/mol. The van der Waals surface area contributed by atoms with Gasteiger partial charge in [0.1, 0.15) is 0 Å². The molecule has 0 radical (unpaired) electrons. The van der Waals surface area contributed by atoms with Gasteiger partial charge in [-0.25, -0.2) is 0 Å². The van der Waals surface area contributed by atoms with Crippen LogP contribution in [0.25, 0.3) is 0 Å². The topological polar surface area (TPSA) is 43.1 Å². The van der Waals surface area contributed by atoms with Crippen molar-refractivity contribution in [3.05, 3.63) is 22.4 Å². The molecule has 2 nitrogen and oxygen atoms in total. The molecule has 0 spiro atoms. The summed E-state index contributed by atoms with van der Waals surface area (Å²) in [6.07, 6.45) is 2.20. The van der Waals surface area contributed by atoms with E-state index in [2.05, 4.69) is 0 Å². The highest BCUT2D eigenvalue weighted by atomic mass is 32.1. The van der Waals surface area contributed by atoms with E-state index in [1.165, 1.54) is 11.3 Å². The van der Waals surface area contributed by atoms with Gasteiger partial charge in [-0.2, -0.15) is 11.3 Å². The van der Waals surface area contributed by atoms with Crippen LogP contribution < -0.4 is 5.73 Å². The third-order valence-corrected chi connectivity index (χ3v) is 3.38. The number of ketones is 1. The van der Waals surface area contributed by atoms with Crippen molar-refractivity contribution >= 4 is 17.1 Å². The Bertz CT molecular complexity index is 312. The van der Waals surface area contributed by atoms with Crippen LogP contribution in [0, 0.1) is 5.92 Å². The number of hydrogen-bond donors (Lipinski definition) is 1. The molecule has 0 saturated heterocycles. The molecule has 3 heteroatoms. The molecule has 1 heterocycles. The molecule has 1 fully saturated rings. The van der Waals surface area contributed by atoms with Gasteiger partial charge in [0.15, 0.2) is 5.78 Å². The summed E-state index contributed by atoms with van der Waals surface area (Å²) in [5.41, 5.74) is 6.14. The molecule has 1 atom stereocenters. The molecule has 0 aliphatic heterocycles. The minimum absolute atomic E-state index is 0.0938. The van der Waals surface area contributed by atoms with Gasteiger partial charge < -0.3 is 5.73 Å². The molecule has 1 aromatic heterocycles. The molecule has 0 bridgehead atoms. The minimum atomic E-state index is -0.638. The van der Waals surface area contributed by atoms with Crippen molar-refractivity contribution in [1.29, 1.82) is 0 Å². The van der Waals surface area contributed by atoms with Crippen LogP contribution in [0.15, 0.2) is 16.8 Å². The lowest BCUT2D eigenvalue weighted by atomic mass is 9.89. The van der Waals surface area contributed by atoms with Gasteiger partial charge in [-0.3, -0.25) is 4.79 Å². The average molecular weight is 195 g/mol. The summed E-state index contributed by atoms with van der Waals surface area (Å²) in [5, 5.41) is 3.78. The smallest absolute Gasteiger partial charge is 0.183 e. The van der Waals surface area contributed by atoms with Crippen LogP contribution in [-0.4, -0.2) is 11.3 Å². The summed E-state index contributed by atoms with van der Waals surface area (Å²) < 4.78 is 0. The number of thiophene rings is 1. The van der Waals surface area contributed by atoms with Gasteiger partial charge in [-0.05, 0) is 37.1 Å². The van der Waals surface area contributed by atoms with Crippen LogP contribution in [0.2, 0.25) is 0 Å². The first kappa shape index (κ1) is 8.91. The number of carbonyl (C=O) groups excluding carboxylic acids is 1. The molecule has 70 valence electrons. The fourth-order valence-corrected chi connectivity index (χ4v) is 2.21. The highest BCUT2D eigenvalue weighted by molar-refractivity contribution is 7.08. The molecule has 1 saturated carbocycles. The van der Waals surface area contributed by atoms with Crippen molar-refractivity contribution in [2.24, 2.45) is 11.7 Å². The molecule has 2 rings (SSSR count). The highest BCUT2D eigenvalue weighted by Gasteiger charge is 2.44. The summed E-state index contributed by atoms with van der Waals surface area (Å²) in [7, 11) is 0. The summed E-state index contributed by atoms with van der Waals surface area (Å²) in [6, 6.07) is 1.85. The van der Waals surface area contributed by atoms with Crippen molar-refractivity contribution in [1.82, 2.24) is 0 Å². The van der Waals surface area contributed by atoms with Crippen molar-refractivity contribution in [2.75, 3.05) is 0 Å². The Morgan fingerprint density at radius 1 is 1.69 bits per heavy atom. The van der Waals surface area contributed by atoms with Gasteiger partial charge in [-0.1, -0.05) is 0 Å². The highest BCUT2D eigenvalue weighted by Crippen LogP contribution is 2.39. The predicted octanol–water partition coefficient (Wildman–Crippen LogP) is 2.06. The Balaban J connectivity index is 2.21. The van der Waals surface area contributed by atoms with Crippen molar-refractivity contribution in [3.63, 3.8) is 0 Å². The van der Waals surface area contributed by atoms with Crippen LogP contribution in [0.3, 0.4) is 0 Å². The van der Waals surface area contributed by atoms with Gasteiger partial charge in [0, 0.05) is 10.9 Å². The second kappa shape index (κ2) is 2.93. The lowest BCUT2D eigenvalue weighted by molar-refractivity contribution is 0.0884. The largest absolute Gasteiger partial charge is 0.319 e. The normalized spacial score (nSPS) is 21.1. The zero-order valence-corrected chi connectivity index (χ0v) is 8.43. The number of rotatable bonds is 3. The molecule has 2 N–H and O–H groups in total. The van der Waals surface area contributed by atoms with Gasteiger partial charge in [0.25, 0.3) is 0 Å². The molecule has 0 amide bonds. The Morgan fingerprint density at radius 3 is 2.85 bits per heavy atom. The van der Waals surface area contributed by atoms with E-state index >= 15 is 0 Å². The third kappa shape index (κ3) is 1.54. The molecule has 0 aromatic carbocycles. The number of hydrogen-bond acceptors (Lipinski definition) is 3. The number of nitrogens with two attached hydrogens (primary N) is 1. The molecular weight excluding hydrogens is 182 g/mol. The quantitative estimate of drug-likeness (QED) is 0.750. The van der Waals surface area contributed by atoms with Crippen molar-refractivity contribution in [3.8, 4) is 0 Å². The first-order chi connectivity index (χ1) is 6.12. The Hall–Kier alpha value is -0.670. The van der Waals surface area contributed by atoms with Gasteiger partial charge in [0.2, 0.25) is 0 Å². The van der Waals surface area contributed by atoms with Crippen LogP contribution in [0.1, 0.15) is 30.1 Å². The van der Waals surface area contributed by atoms with E-state index in [0.717, 1.165) is 18.4 Å². The first-order valence-corrected chi connectivity index (χ1v) is 5.42. The zero-order chi connectivity index (χ0) is 9.47. The maximum Gasteiger partial charge on any atom is 0.183 e. The van der Waals surface area contributed by atoms with E-state index in [1.807, 2.05) is 23.8 Å². The summed E-state index contributed by atoms with van der Waals surface area (Å²) >= 11 is 1.54. The Kier molecular flexibility index (Phi) is 2.00. The van der Waals surface area contributed by atoms with Crippen LogP contribution >= 0.6 is 11.3 Å². The Morgan fingerprint density at radius 2 is 2.38 bits per heavy atom. The average Bonchev–Trinajstić information content (AvgIpc) is 2.82. The summed E-state index contributed by atoms with van der Waals surface area (Å²) in [6.45, 7) is 1.85. The second-order valence-corrected chi connectivity index (χ2v) is 4.68. The predicted molar refractivity (Wildman–Crippen MR) is 54.0 cm³/mol. The SMILES string of the molecule is CC(N)(C(=O)c1ccsc1)C1CC1. The zero-order valence-electron chi connectivity index (χ0n) is 7.62. The van der Waals surface area contributed by atoms with E-state index in [4.69, 9.17) is 5.73 Å². The summed E-state index contributed by atoms with van der Waals surface area (Å²) in [5.74, 6) is 0.496. The fraction of sp³-hybridized carbons (Fsp3) is 0.500. The van der Waals surface area contributed by atoms with E-state index in [1.54, 1.807) is 0 Å². The van der Waals surface area contributed by atoms with Gasteiger partial charge in [0.05, 0.1) is 5.54 Å². The van der Waals surface area contributed by atoms with E-state index in [9.17, 15) is 4.79 Å². The van der Waals surface area contributed by atoms with Crippen LogP contribution in [-0.2, 0) is 0 Å². The van der Waals surface area contributed by atoms with Gasteiger partial charge in [-0.15, -0.1) is 0 Å². The number of carbonyl (C=O) groups is 1. The standard InChI is InChI=1S/C10H13NOS/c1-10(11,8-2-3-8)9(12)7-4-5-13-6-7/h4-6,8H,2-3,11H2,1H3. The molecule has 1 aliphatic rings. The van der Waals surface area contributed by atoms with Crippen molar-refractivity contribution < 1.29 is 4.79 Å².